The van der Waals surface area contributed by atoms with Crippen LogP contribution in [0.4, 0.5) is 0 Å². The van der Waals surface area contributed by atoms with E-state index in [0.717, 1.165) is 21.1 Å². The topological polar surface area (TPSA) is 52.3 Å². The quantitative estimate of drug-likeness (QED) is 0.424. The van der Waals surface area contributed by atoms with E-state index < -0.39 is 5.63 Å². The van der Waals surface area contributed by atoms with Gasteiger partial charge in [0.2, 0.25) is 0 Å². The maximum atomic E-state index is 12.4. The molecule has 2 aromatic carbocycles. The van der Waals surface area contributed by atoms with Gasteiger partial charge in [-0.2, -0.15) is 0 Å². The summed E-state index contributed by atoms with van der Waals surface area (Å²) in [7, 11) is 1.55. The summed E-state index contributed by atoms with van der Waals surface area (Å²) in [6.07, 6.45) is 0. The predicted molar refractivity (Wildman–Crippen MR) is 103 cm³/mol. The highest BCUT2D eigenvalue weighted by Crippen LogP contribution is 2.31. The molecule has 0 unspecified atom stereocenters. The SMILES string of the molecule is COc1cccc2cc(-c3nc(-c4ccc(Br)cc4)cs3)c(=O)oc12. The molecule has 0 amide bonds. The van der Waals surface area contributed by atoms with Crippen molar-refractivity contribution in [3.05, 3.63) is 68.8 Å². The Labute approximate surface area is 155 Å². The molecule has 6 heteroatoms. The summed E-state index contributed by atoms with van der Waals surface area (Å²) >= 11 is 4.84. The van der Waals surface area contributed by atoms with Crippen LogP contribution in [0.5, 0.6) is 5.75 Å². The van der Waals surface area contributed by atoms with Crippen LogP contribution >= 0.6 is 27.3 Å². The number of rotatable bonds is 3. The van der Waals surface area contributed by atoms with Crippen LogP contribution in [-0.2, 0) is 0 Å². The molecule has 0 aliphatic heterocycles. The van der Waals surface area contributed by atoms with Crippen molar-refractivity contribution in [1.29, 1.82) is 0 Å². The summed E-state index contributed by atoms with van der Waals surface area (Å²) in [6, 6.07) is 15.2. The zero-order valence-electron chi connectivity index (χ0n) is 13.2. The number of hydrogen-bond acceptors (Lipinski definition) is 5. The molecule has 0 saturated carbocycles. The van der Waals surface area contributed by atoms with E-state index in [1.165, 1.54) is 11.3 Å². The van der Waals surface area contributed by atoms with Gasteiger partial charge in [-0.15, -0.1) is 11.3 Å². The van der Waals surface area contributed by atoms with Gasteiger partial charge in [0.05, 0.1) is 18.4 Å². The van der Waals surface area contributed by atoms with E-state index in [2.05, 4.69) is 20.9 Å². The Hall–Kier alpha value is -2.44. The fourth-order valence-corrected chi connectivity index (χ4v) is 3.67. The standard InChI is InChI=1S/C19H12BrNO3S/c1-23-16-4-2-3-12-9-14(19(22)24-17(12)16)18-21-15(10-25-18)11-5-7-13(20)8-6-11/h2-10H,1H3. The Kier molecular flexibility index (Phi) is 4.15. The van der Waals surface area contributed by atoms with Gasteiger partial charge in [0.15, 0.2) is 11.3 Å². The molecule has 0 radical (unpaired) electrons. The lowest BCUT2D eigenvalue weighted by atomic mass is 10.1. The Balaban J connectivity index is 1.81. The Bertz CT molecular complexity index is 1120. The molecule has 2 aromatic heterocycles. The second-order valence-corrected chi connectivity index (χ2v) is 7.14. The van der Waals surface area contributed by atoms with Crippen LogP contribution in [0.2, 0.25) is 0 Å². The first kappa shape index (κ1) is 16.1. The van der Waals surface area contributed by atoms with Gasteiger partial charge in [-0.25, -0.2) is 9.78 Å². The van der Waals surface area contributed by atoms with E-state index in [1.807, 2.05) is 41.8 Å². The van der Waals surface area contributed by atoms with Gasteiger partial charge in [0.25, 0.3) is 0 Å². The largest absolute Gasteiger partial charge is 0.493 e. The first-order valence-electron chi connectivity index (χ1n) is 7.48. The minimum Gasteiger partial charge on any atom is -0.493 e. The number of para-hydroxylation sites is 1. The summed E-state index contributed by atoms with van der Waals surface area (Å²) in [4.78, 5) is 17.0. The van der Waals surface area contributed by atoms with Gasteiger partial charge in [0, 0.05) is 20.8 Å². The lowest BCUT2D eigenvalue weighted by Crippen LogP contribution is -2.03. The molecule has 124 valence electrons. The van der Waals surface area contributed by atoms with Gasteiger partial charge >= 0.3 is 5.63 Å². The molecule has 0 spiro atoms. The van der Waals surface area contributed by atoms with E-state index in [-0.39, 0.29) is 0 Å². The normalized spacial score (nSPS) is 11.0. The average Bonchev–Trinajstić information content (AvgIpc) is 3.11. The average molecular weight is 414 g/mol. The van der Waals surface area contributed by atoms with E-state index in [1.54, 1.807) is 19.2 Å². The number of aromatic nitrogens is 1. The van der Waals surface area contributed by atoms with Crippen LogP contribution in [0.25, 0.3) is 32.8 Å². The van der Waals surface area contributed by atoms with Crippen LogP contribution in [0.1, 0.15) is 0 Å². The number of benzene rings is 2. The zero-order valence-corrected chi connectivity index (χ0v) is 15.6. The fraction of sp³-hybridized carbons (Fsp3) is 0.0526. The monoisotopic (exact) mass is 413 g/mol. The van der Waals surface area contributed by atoms with Crippen molar-refractivity contribution in [3.8, 4) is 27.6 Å². The smallest absolute Gasteiger partial charge is 0.346 e. The van der Waals surface area contributed by atoms with Crippen LogP contribution < -0.4 is 10.4 Å². The third-order valence-electron chi connectivity index (χ3n) is 3.82. The highest BCUT2D eigenvalue weighted by Gasteiger charge is 2.14. The molecule has 4 rings (SSSR count). The van der Waals surface area contributed by atoms with Crippen molar-refractivity contribution in [1.82, 2.24) is 4.98 Å². The van der Waals surface area contributed by atoms with E-state index >= 15 is 0 Å². The maximum absolute atomic E-state index is 12.4. The van der Waals surface area contributed by atoms with Crippen molar-refractivity contribution in [2.45, 2.75) is 0 Å². The van der Waals surface area contributed by atoms with Crippen LogP contribution in [0.15, 0.2) is 67.6 Å². The number of methoxy groups -OCH3 is 1. The minimum absolute atomic E-state index is 0.422. The summed E-state index contributed by atoms with van der Waals surface area (Å²) < 4.78 is 11.7. The molecule has 0 aliphatic carbocycles. The van der Waals surface area contributed by atoms with Crippen molar-refractivity contribution >= 4 is 38.2 Å². The molecule has 0 aliphatic rings. The molecule has 2 heterocycles. The highest BCUT2D eigenvalue weighted by molar-refractivity contribution is 9.10. The molecule has 0 atom stereocenters. The van der Waals surface area contributed by atoms with E-state index in [9.17, 15) is 4.79 Å². The molecular formula is C19H12BrNO3S. The van der Waals surface area contributed by atoms with E-state index in [4.69, 9.17) is 9.15 Å². The first-order chi connectivity index (χ1) is 12.2. The number of ether oxygens (including phenoxy) is 1. The number of fused-ring (bicyclic) bond motifs is 1. The van der Waals surface area contributed by atoms with Gasteiger partial charge in [-0.05, 0) is 24.3 Å². The van der Waals surface area contributed by atoms with Gasteiger partial charge in [-0.3, -0.25) is 0 Å². The third-order valence-corrected chi connectivity index (χ3v) is 5.22. The molecule has 4 nitrogen and oxygen atoms in total. The number of halogens is 1. The molecule has 0 saturated heterocycles. The first-order valence-corrected chi connectivity index (χ1v) is 9.15. The predicted octanol–water partition coefficient (Wildman–Crippen LogP) is 5.35. The van der Waals surface area contributed by atoms with Gasteiger partial charge in [0.1, 0.15) is 5.01 Å². The molecule has 25 heavy (non-hydrogen) atoms. The second-order valence-electron chi connectivity index (χ2n) is 5.37. The third kappa shape index (κ3) is 2.99. The Morgan fingerprint density at radius 1 is 1.16 bits per heavy atom. The van der Waals surface area contributed by atoms with Crippen molar-refractivity contribution in [2.24, 2.45) is 0 Å². The Morgan fingerprint density at radius 3 is 2.72 bits per heavy atom. The molecule has 4 aromatic rings. The number of hydrogen-bond donors (Lipinski definition) is 0. The summed E-state index contributed by atoms with van der Waals surface area (Å²) in [6.45, 7) is 0. The summed E-state index contributed by atoms with van der Waals surface area (Å²) in [5, 5.41) is 3.37. The molecule has 0 bridgehead atoms. The van der Waals surface area contributed by atoms with Crippen molar-refractivity contribution in [2.75, 3.05) is 7.11 Å². The van der Waals surface area contributed by atoms with Gasteiger partial charge < -0.3 is 9.15 Å². The lowest BCUT2D eigenvalue weighted by Gasteiger charge is -2.04. The second kappa shape index (κ2) is 6.46. The van der Waals surface area contributed by atoms with Crippen molar-refractivity contribution < 1.29 is 9.15 Å². The number of nitrogens with zero attached hydrogens (tertiary/aromatic N) is 1. The van der Waals surface area contributed by atoms with E-state index in [0.29, 0.717) is 21.9 Å². The fourth-order valence-electron chi connectivity index (χ4n) is 2.58. The summed E-state index contributed by atoms with van der Waals surface area (Å²) in [5.41, 5.74) is 2.31. The minimum atomic E-state index is -0.422. The van der Waals surface area contributed by atoms with Gasteiger partial charge in [-0.1, -0.05) is 40.2 Å². The molecular weight excluding hydrogens is 402 g/mol. The van der Waals surface area contributed by atoms with Crippen LogP contribution in [-0.4, -0.2) is 12.1 Å². The Morgan fingerprint density at radius 2 is 1.96 bits per heavy atom. The molecule has 0 fully saturated rings. The van der Waals surface area contributed by atoms with Crippen LogP contribution in [0, 0.1) is 0 Å². The number of thiazole rings is 1. The molecule has 0 N–H and O–H groups in total. The maximum Gasteiger partial charge on any atom is 0.346 e. The zero-order chi connectivity index (χ0) is 17.4. The highest BCUT2D eigenvalue weighted by atomic mass is 79.9. The summed E-state index contributed by atoms with van der Waals surface area (Å²) in [5.74, 6) is 0.538. The lowest BCUT2D eigenvalue weighted by molar-refractivity contribution is 0.407. The van der Waals surface area contributed by atoms with Crippen molar-refractivity contribution in [3.63, 3.8) is 0 Å². The van der Waals surface area contributed by atoms with Crippen LogP contribution in [0.3, 0.4) is 0 Å².